The van der Waals surface area contributed by atoms with Crippen LogP contribution in [0.1, 0.15) is 39.5 Å². The molecule has 1 saturated heterocycles. The second-order valence-electron chi connectivity index (χ2n) is 4.54. The fourth-order valence-electron chi connectivity index (χ4n) is 2.16. The highest BCUT2D eigenvalue weighted by Crippen LogP contribution is 2.14. The van der Waals surface area contributed by atoms with Crippen molar-refractivity contribution in [2.24, 2.45) is 0 Å². The Kier molecular flexibility index (Phi) is 5.38. The molecule has 0 spiro atoms. The van der Waals surface area contributed by atoms with Gasteiger partial charge in [0.05, 0.1) is 6.67 Å². The lowest BCUT2D eigenvalue weighted by molar-refractivity contribution is -0.135. The van der Waals surface area contributed by atoms with E-state index in [9.17, 15) is 14.0 Å². The predicted molar refractivity (Wildman–Crippen MR) is 63.2 cm³/mol. The molecule has 5 heteroatoms. The predicted octanol–water partition coefficient (Wildman–Crippen LogP) is 1.25. The molecule has 0 bridgehead atoms. The summed E-state index contributed by atoms with van der Waals surface area (Å²) in [6.07, 6.45) is 2.12. The molecule has 0 radical (unpaired) electrons. The third-order valence-corrected chi connectivity index (χ3v) is 3.04. The molecule has 0 aromatic heterocycles. The van der Waals surface area contributed by atoms with Gasteiger partial charge in [0.1, 0.15) is 6.04 Å². The third-order valence-electron chi connectivity index (χ3n) is 3.04. The first-order chi connectivity index (χ1) is 8.10. The van der Waals surface area contributed by atoms with Gasteiger partial charge in [-0.3, -0.25) is 14.0 Å². The minimum Gasteiger partial charge on any atom is -0.344 e. The van der Waals surface area contributed by atoms with Crippen molar-refractivity contribution in [1.29, 1.82) is 0 Å². The molecule has 4 nitrogen and oxygen atoms in total. The monoisotopic (exact) mass is 244 g/mol. The lowest BCUT2D eigenvalue weighted by Gasteiger charge is -2.28. The topological polar surface area (TPSA) is 49.4 Å². The van der Waals surface area contributed by atoms with Crippen LogP contribution in [0.3, 0.4) is 0 Å². The zero-order valence-corrected chi connectivity index (χ0v) is 10.5. The van der Waals surface area contributed by atoms with E-state index >= 15 is 0 Å². The molecule has 2 amide bonds. The number of rotatable bonds is 5. The molecule has 1 rings (SSSR count). The smallest absolute Gasteiger partial charge is 0.245 e. The van der Waals surface area contributed by atoms with Crippen LogP contribution >= 0.6 is 0 Å². The number of hydrogen-bond acceptors (Lipinski definition) is 2. The molecule has 0 aliphatic carbocycles. The van der Waals surface area contributed by atoms with E-state index in [0.717, 1.165) is 6.42 Å². The van der Waals surface area contributed by atoms with Crippen LogP contribution in [0.25, 0.3) is 0 Å². The molecular weight excluding hydrogens is 223 g/mol. The van der Waals surface area contributed by atoms with Gasteiger partial charge >= 0.3 is 0 Å². The fourth-order valence-corrected chi connectivity index (χ4v) is 2.16. The van der Waals surface area contributed by atoms with Crippen LogP contribution in [-0.2, 0) is 9.59 Å². The van der Waals surface area contributed by atoms with E-state index in [0.29, 0.717) is 25.8 Å². The Bertz CT molecular complexity index is 284. The number of alkyl halides is 1. The number of hydrogen-bond donors (Lipinski definition) is 1. The summed E-state index contributed by atoms with van der Waals surface area (Å²) in [7, 11) is 0. The molecule has 1 fully saturated rings. The number of halogens is 1. The van der Waals surface area contributed by atoms with Crippen molar-refractivity contribution in [2.75, 3.05) is 13.2 Å². The molecule has 0 aromatic carbocycles. The number of carbonyl (C=O) groups excluding carboxylic acids is 2. The van der Waals surface area contributed by atoms with Gasteiger partial charge in [-0.15, -0.1) is 0 Å². The summed E-state index contributed by atoms with van der Waals surface area (Å²) >= 11 is 0. The molecule has 1 heterocycles. The summed E-state index contributed by atoms with van der Waals surface area (Å²) < 4.78 is 12.2. The molecule has 1 N–H and O–H groups in total. The quantitative estimate of drug-likeness (QED) is 0.791. The van der Waals surface area contributed by atoms with Gasteiger partial charge in [-0.2, -0.15) is 0 Å². The lowest BCUT2D eigenvalue weighted by atomic mass is 10.1. The molecule has 1 aliphatic rings. The average Bonchev–Trinajstić information content (AvgIpc) is 2.36. The van der Waals surface area contributed by atoms with Crippen molar-refractivity contribution in [2.45, 2.75) is 51.6 Å². The highest BCUT2D eigenvalue weighted by molar-refractivity contribution is 5.90. The Labute approximate surface area is 102 Å². The second kappa shape index (κ2) is 6.57. The van der Waals surface area contributed by atoms with Crippen molar-refractivity contribution in [3.05, 3.63) is 0 Å². The summed E-state index contributed by atoms with van der Waals surface area (Å²) in [4.78, 5) is 25.4. The van der Waals surface area contributed by atoms with Gasteiger partial charge in [0.2, 0.25) is 11.8 Å². The van der Waals surface area contributed by atoms with Crippen molar-refractivity contribution in [1.82, 2.24) is 10.2 Å². The van der Waals surface area contributed by atoms with E-state index in [1.54, 1.807) is 4.90 Å². The Morgan fingerprint density at radius 3 is 2.76 bits per heavy atom. The van der Waals surface area contributed by atoms with E-state index < -0.39 is 12.7 Å². The van der Waals surface area contributed by atoms with Crippen molar-refractivity contribution in [3.8, 4) is 0 Å². The lowest BCUT2D eigenvalue weighted by Crippen LogP contribution is -2.46. The maximum atomic E-state index is 12.2. The van der Waals surface area contributed by atoms with Crippen molar-refractivity contribution in [3.63, 3.8) is 0 Å². The Morgan fingerprint density at radius 2 is 2.18 bits per heavy atom. The minimum atomic E-state index is -0.434. The fraction of sp³-hybridized carbons (Fsp3) is 0.833. The maximum absolute atomic E-state index is 12.2. The number of nitrogens with one attached hydrogen (secondary N) is 1. The van der Waals surface area contributed by atoms with Crippen LogP contribution in [0.4, 0.5) is 4.39 Å². The van der Waals surface area contributed by atoms with Crippen LogP contribution < -0.4 is 5.32 Å². The van der Waals surface area contributed by atoms with Gasteiger partial charge in [0.25, 0.3) is 0 Å². The van der Waals surface area contributed by atoms with E-state index in [4.69, 9.17) is 0 Å². The van der Waals surface area contributed by atoms with Crippen LogP contribution in [-0.4, -0.2) is 42.0 Å². The van der Waals surface area contributed by atoms with E-state index in [2.05, 4.69) is 5.32 Å². The summed E-state index contributed by atoms with van der Waals surface area (Å²) in [6, 6.07) is -0.576. The summed E-state index contributed by atoms with van der Waals surface area (Å²) in [6.45, 7) is 3.77. The highest BCUT2D eigenvalue weighted by atomic mass is 19.1. The van der Waals surface area contributed by atoms with Gasteiger partial charge in [-0.25, -0.2) is 0 Å². The molecular formula is C12H21FN2O2. The van der Waals surface area contributed by atoms with Gasteiger partial charge in [-0.1, -0.05) is 13.3 Å². The number of carbonyl (C=O) groups is 2. The summed E-state index contributed by atoms with van der Waals surface area (Å²) in [5.74, 6) is -0.161. The first-order valence-corrected chi connectivity index (χ1v) is 6.26. The Morgan fingerprint density at radius 1 is 1.47 bits per heavy atom. The summed E-state index contributed by atoms with van der Waals surface area (Å²) in [5, 5.41) is 2.74. The molecule has 98 valence electrons. The van der Waals surface area contributed by atoms with Crippen molar-refractivity contribution < 1.29 is 14.0 Å². The van der Waals surface area contributed by atoms with Crippen LogP contribution in [0.5, 0.6) is 0 Å². The first kappa shape index (κ1) is 13.9. The standard InChI is InChI=1S/C12H21FN2O2/c1-3-5-10-12(17)15(7-4-6-13)9(2)8-11(16)14-10/h9-10H,3-8H2,1-2H3,(H,14,16). The molecule has 2 atom stereocenters. The SMILES string of the molecule is CCCC1NC(=O)CC(C)N(CCCF)C1=O. The van der Waals surface area contributed by atoms with Gasteiger partial charge < -0.3 is 10.2 Å². The Hall–Kier alpha value is -1.13. The zero-order valence-electron chi connectivity index (χ0n) is 10.5. The molecule has 17 heavy (non-hydrogen) atoms. The third kappa shape index (κ3) is 3.68. The first-order valence-electron chi connectivity index (χ1n) is 6.26. The van der Waals surface area contributed by atoms with Crippen LogP contribution in [0.2, 0.25) is 0 Å². The van der Waals surface area contributed by atoms with Gasteiger partial charge in [0.15, 0.2) is 0 Å². The van der Waals surface area contributed by atoms with Crippen LogP contribution in [0.15, 0.2) is 0 Å². The van der Waals surface area contributed by atoms with Crippen LogP contribution in [0, 0.1) is 0 Å². The van der Waals surface area contributed by atoms with Gasteiger partial charge in [-0.05, 0) is 19.8 Å². The molecule has 2 unspecified atom stereocenters. The second-order valence-corrected chi connectivity index (χ2v) is 4.54. The molecule has 0 aromatic rings. The zero-order chi connectivity index (χ0) is 12.8. The van der Waals surface area contributed by atoms with Crippen molar-refractivity contribution >= 4 is 11.8 Å². The van der Waals surface area contributed by atoms with Gasteiger partial charge in [0, 0.05) is 19.0 Å². The van der Waals surface area contributed by atoms with E-state index in [-0.39, 0.29) is 17.9 Å². The largest absolute Gasteiger partial charge is 0.344 e. The number of nitrogens with zero attached hydrogens (tertiary/aromatic N) is 1. The highest BCUT2D eigenvalue weighted by Gasteiger charge is 2.32. The normalized spacial score (nSPS) is 25.7. The van der Waals surface area contributed by atoms with E-state index in [1.807, 2.05) is 13.8 Å². The number of amides is 2. The molecule has 0 saturated carbocycles. The maximum Gasteiger partial charge on any atom is 0.245 e. The van der Waals surface area contributed by atoms with E-state index in [1.165, 1.54) is 0 Å². The molecule has 1 aliphatic heterocycles. The summed E-state index contributed by atoms with van der Waals surface area (Å²) in [5.41, 5.74) is 0. The Balaban J connectivity index is 2.76. The average molecular weight is 244 g/mol. The minimum absolute atomic E-state index is 0.0707.